The maximum absolute atomic E-state index is 12.6. The van der Waals surface area contributed by atoms with Crippen molar-refractivity contribution < 1.29 is 23.1 Å². The second-order valence-electron chi connectivity index (χ2n) is 5.33. The average molecular weight is 310 g/mol. The standard InChI is InChI=1S/C17H17F3O2/c18-17(19,20)14-5-1-3-12(11-14)7-9-15(21)10-8-13-4-2-6-16(13)22/h1-3,5-6,8,11,15,21H,4,7,9-10H2/b13-8+/t15-/m0/s1. The first-order valence-corrected chi connectivity index (χ1v) is 7.10. The van der Waals surface area contributed by atoms with Gasteiger partial charge in [-0.05, 0) is 49.0 Å². The van der Waals surface area contributed by atoms with Crippen molar-refractivity contribution in [3.8, 4) is 0 Å². The highest BCUT2D eigenvalue weighted by molar-refractivity contribution is 6.06. The van der Waals surface area contributed by atoms with Gasteiger partial charge in [0.2, 0.25) is 0 Å². The number of ketones is 1. The highest BCUT2D eigenvalue weighted by Crippen LogP contribution is 2.29. The predicted octanol–water partition coefficient (Wildman–Crippen LogP) is 3.84. The molecule has 0 saturated carbocycles. The largest absolute Gasteiger partial charge is 0.416 e. The summed E-state index contributed by atoms with van der Waals surface area (Å²) in [5.41, 5.74) is 0.530. The van der Waals surface area contributed by atoms with Gasteiger partial charge < -0.3 is 5.11 Å². The average Bonchev–Trinajstić information content (AvgIpc) is 2.88. The molecule has 0 amide bonds. The van der Waals surface area contributed by atoms with E-state index in [0.29, 0.717) is 36.8 Å². The van der Waals surface area contributed by atoms with Crippen LogP contribution in [0.4, 0.5) is 13.2 Å². The summed E-state index contributed by atoms with van der Waals surface area (Å²) in [4.78, 5) is 11.4. The van der Waals surface area contributed by atoms with Crippen molar-refractivity contribution in [2.45, 2.75) is 38.0 Å². The zero-order chi connectivity index (χ0) is 16.2. The van der Waals surface area contributed by atoms with Crippen molar-refractivity contribution in [3.05, 3.63) is 59.2 Å². The van der Waals surface area contributed by atoms with Gasteiger partial charge >= 0.3 is 6.18 Å². The van der Waals surface area contributed by atoms with E-state index < -0.39 is 17.8 Å². The van der Waals surface area contributed by atoms with Crippen LogP contribution >= 0.6 is 0 Å². The van der Waals surface area contributed by atoms with Crippen LogP contribution in [0.25, 0.3) is 0 Å². The number of halogens is 3. The summed E-state index contributed by atoms with van der Waals surface area (Å²) in [6.45, 7) is 0. The van der Waals surface area contributed by atoms with E-state index >= 15 is 0 Å². The lowest BCUT2D eigenvalue weighted by atomic mass is 10.0. The fraction of sp³-hybridized carbons (Fsp3) is 0.353. The molecule has 2 nitrogen and oxygen atoms in total. The molecule has 1 aromatic carbocycles. The van der Waals surface area contributed by atoms with E-state index in [1.165, 1.54) is 12.1 Å². The third kappa shape index (κ3) is 4.56. The zero-order valence-electron chi connectivity index (χ0n) is 11.9. The normalized spacial score (nSPS) is 18.2. The first kappa shape index (κ1) is 16.5. The number of hydrogen-bond donors (Lipinski definition) is 1. The number of aryl methyl sites for hydroxylation is 1. The quantitative estimate of drug-likeness (QED) is 0.839. The smallest absolute Gasteiger partial charge is 0.393 e. The summed E-state index contributed by atoms with van der Waals surface area (Å²) in [5, 5.41) is 9.89. The Morgan fingerprint density at radius 2 is 2.09 bits per heavy atom. The summed E-state index contributed by atoms with van der Waals surface area (Å²) < 4.78 is 37.8. The summed E-state index contributed by atoms with van der Waals surface area (Å²) >= 11 is 0. The number of aliphatic hydroxyl groups excluding tert-OH is 1. The lowest BCUT2D eigenvalue weighted by molar-refractivity contribution is -0.137. The molecule has 1 atom stereocenters. The Labute approximate surface area is 127 Å². The lowest BCUT2D eigenvalue weighted by Crippen LogP contribution is -2.09. The van der Waals surface area contributed by atoms with Gasteiger partial charge in [0, 0.05) is 0 Å². The zero-order valence-corrected chi connectivity index (χ0v) is 11.9. The highest BCUT2D eigenvalue weighted by atomic mass is 19.4. The number of aliphatic hydroxyl groups is 1. The van der Waals surface area contributed by atoms with Gasteiger partial charge in [-0.3, -0.25) is 4.79 Å². The van der Waals surface area contributed by atoms with Crippen molar-refractivity contribution in [1.82, 2.24) is 0 Å². The SMILES string of the molecule is O=C1C=CC/C1=C\C[C@@H](O)CCc1cccc(C(F)(F)F)c1. The van der Waals surface area contributed by atoms with Crippen molar-refractivity contribution in [2.75, 3.05) is 0 Å². The van der Waals surface area contributed by atoms with Gasteiger partial charge in [-0.25, -0.2) is 0 Å². The molecule has 1 N–H and O–H groups in total. The fourth-order valence-electron chi connectivity index (χ4n) is 2.32. The van der Waals surface area contributed by atoms with Crippen molar-refractivity contribution in [3.63, 3.8) is 0 Å². The number of hydrogen-bond acceptors (Lipinski definition) is 2. The number of allylic oxidation sites excluding steroid dienone is 3. The molecule has 0 aliphatic heterocycles. The second kappa shape index (κ2) is 6.92. The van der Waals surface area contributed by atoms with Gasteiger partial charge in [-0.2, -0.15) is 13.2 Å². The molecule has 0 spiro atoms. The van der Waals surface area contributed by atoms with Crippen LogP contribution in [-0.4, -0.2) is 17.0 Å². The molecule has 1 aliphatic carbocycles. The van der Waals surface area contributed by atoms with Crippen LogP contribution in [0.2, 0.25) is 0 Å². The minimum atomic E-state index is -4.35. The van der Waals surface area contributed by atoms with E-state index in [1.54, 1.807) is 18.2 Å². The molecule has 0 bridgehead atoms. The maximum Gasteiger partial charge on any atom is 0.416 e. The van der Waals surface area contributed by atoms with Crippen molar-refractivity contribution >= 4 is 5.78 Å². The Bertz CT molecular complexity index is 600. The van der Waals surface area contributed by atoms with E-state index in [-0.39, 0.29) is 5.78 Å². The third-order valence-corrected chi connectivity index (χ3v) is 3.58. The van der Waals surface area contributed by atoms with Gasteiger partial charge in [-0.1, -0.05) is 30.4 Å². The molecule has 2 rings (SSSR count). The van der Waals surface area contributed by atoms with Gasteiger partial charge in [0.15, 0.2) is 5.78 Å². The van der Waals surface area contributed by atoms with Crippen LogP contribution in [0.15, 0.2) is 48.1 Å². The summed E-state index contributed by atoms with van der Waals surface area (Å²) in [6, 6.07) is 5.12. The predicted molar refractivity (Wildman–Crippen MR) is 77.2 cm³/mol. The monoisotopic (exact) mass is 310 g/mol. The fourth-order valence-corrected chi connectivity index (χ4v) is 2.32. The molecule has 0 aromatic heterocycles. The van der Waals surface area contributed by atoms with Gasteiger partial charge in [-0.15, -0.1) is 0 Å². The Kier molecular flexibility index (Phi) is 5.19. The van der Waals surface area contributed by atoms with Crippen LogP contribution in [0, 0.1) is 0 Å². The Morgan fingerprint density at radius 3 is 2.73 bits per heavy atom. The summed E-state index contributed by atoms with van der Waals surface area (Å²) in [5.74, 6) is -0.0370. The number of carbonyl (C=O) groups excluding carboxylic acids is 1. The van der Waals surface area contributed by atoms with Crippen molar-refractivity contribution in [1.29, 1.82) is 0 Å². The molecule has 0 radical (unpaired) electrons. The third-order valence-electron chi connectivity index (χ3n) is 3.58. The molecule has 0 fully saturated rings. The molecule has 0 heterocycles. The first-order chi connectivity index (χ1) is 10.4. The number of carbonyl (C=O) groups is 1. The van der Waals surface area contributed by atoms with E-state index in [0.717, 1.165) is 12.1 Å². The van der Waals surface area contributed by atoms with E-state index in [4.69, 9.17) is 0 Å². The molecule has 1 aliphatic rings. The summed E-state index contributed by atoms with van der Waals surface area (Å²) in [7, 11) is 0. The Hall–Kier alpha value is -1.88. The van der Waals surface area contributed by atoms with Gasteiger partial charge in [0.05, 0.1) is 11.7 Å². The van der Waals surface area contributed by atoms with Crippen LogP contribution in [0.1, 0.15) is 30.4 Å². The molecule has 0 saturated heterocycles. The van der Waals surface area contributed by atoms with Crippen LogP contribution < -0.4 is 0 Å². The van der Waals surface area contributed by atoms with E-state index in [9.17, 15) is 23.1 Å². The first-order valence-electron chi connectivity index (χ1n) is 7.10. The second-order valence-corrected chi connectivity index (χ2v) is 5.33. The topological polar surface area (TPSA) is 37.3 Å². The molecular weight excluding hydrogens is 293 g/mol. The molecule has 22 heavy (non-hydrogen) atoms. The summed E-state index contributed by atoms with van der Waals surface area (Å²) in [6.07, 6.45) is 1.59. The van der Waals surface area contributed by atoms with Crippen molar-refractivity contribution in [2.24, 2.45) is 0 Å². The Morgan fingerprint density at radius 1 is 1.32 bits per heavy atom. The minimum absolute atomic E-state index is 0.0370. The van der Waals surface area contributed by atoms with Crippen LogP contribution in [-0.2, 0) is 17.4 Å². The van der Waals surface area contributed by atoms with Crippen LogP contribution in [0.3, 0.4) is 0 Å². The molecule has 0 unspecified atom stereocenters. The number of alkyl halides is 3. The molecule has 1 aromatic rings. The minimum Gasteiger partial charge on any atom is -0.393 e. The van der Waals surface area contributed by atoms with Crippen LogP contribution in [0.5, 0.6) is 0 Å². The van der Waals surface area contributed by atoms with E-state index in [2.05, 4.69) is 0 Å². The highest BCUT2D eigenvalue weighted by Gasteiger charge is 2.30. The molecular formula is C17H17F3O2. The molecule has 118 valence electrons. The number of benzene rings is 1. The lowest BCUT2D eigenvalue weighted by Gasteiger charge is -2.11. The Balaban J connectivity index is 1.86. The molecule has 5 heteroatoms. The number of rotatable bonds is 5. The maximum atomic E-state index is 12.6. The van der Waals surface area contributed by atoms with Gasteiger partial charge in [0.1, 0.15) is 0 Å². The van der Waals surface area contributed by atoms with E-state index in [1.807, 2.05) is 0 Å². The van der Waals surface area contributed by atoms with Gasteiger partial charge in [0.25, 0.3) is 0 Å².